The largest absolute Gasteiger partial charge is 0.333 e. The molecule has 23 heavy (non-hydrogen) atoms. The van der Waals surface area contributed by atoms with Gasteiger partial charge in [0.15, 0.2) is 0 Å². The lowest BCUT2D eigenvalue weighted by molar-refractivity contribution is 0.0603. The van der Waals surface area contributed by atoms with Crippen molar-refractivity contribution >= 4 is 28.6 Å². The molecule has 2 fully saturated rings. The second kappa shape index (κ2) is 5.82. The van der Waals surface area contributed by atoms with Crippen LogP contribution in [0.25, 0.3) is 10.9 Å². The average Bonchev–Trinajstić information content (AvgIpc) is 2.83. The molecule has 2 atom stereocenters. The van der Waals surface area contributed by atoms with Gasteiger partial charge in [0, 0.05) is 28.4 Å². The van der Waals surface area contributed by atoms with Gasteiger partial charge in [-0.05, 0) is 51.0 Å². The smallest absolute Gasteiger partial charge is 0.256 e. The van der Waals surface area contributed by atoms with E-state index in [2.05, 4.69) is 22.2 Å². The van der Waals surface area contributed by atoms with Crippen LogP contribution in [0.5, 0.6) is 0 Å². The van der Waals surface area contributed by atoms with Gasteiger partial charge in [0.25, 0.3) is 5.91 Å². The van der Waals surface area contributed by atoms with Crippen molar-refractivity contribution in [3.8, 4) is 0 Å². The number of benzene rings is 1. The monoisotopic (exact) mass is 326 g/mol. The molecule has 0 N–H and O–H groups in total. The molecular weight excluding hydrogens is 304 g/mol. The molecule has 2 unspecified atom stereocenters. The summed E-state index contributed by atoms with van der Waals surface area (Å²) >= 11 is 1.96. The number of thioether (sulfide) groups is 1. The summed E-state index contributed by atoms with van der Waals surface area (Å²) in [4.78, 5) is 20.1. The Balaban J connectivity index is 1.72. The van der Waals surface area contributed by atoms with E-state index in [4.69, 9.17) is 0 Å². The Morgan fingerprint density at radius 1 is 1.17 bits per heavy atom. The molecule has 1 amide bonds. The van der Waals surface area contributed by atoms with Crippen LogP contribution in [-0.2, 0) is 0 Å². The number of carbonyl (C=O) groups is 1. The van der Waals surface area contributed by atoms with Crippen LogP contribution in [0.4, 0.5) is 0 Å². The molecule has 1 aromatic heterocycles. The van der Waals surface area contributed by atoms with Crippen LogP contribution in [0.3, 0.4) is 0 Å². The lowest BCUT2D eigenvalue weighted by atomic mass is 10.00. The van der Waals surface area contributed by atoms with Gasteiger partial charge >= 0.3 is 0 Å². The van der Waals surface area contributed by atoms with Gasteiger partial charge in [-0.15, -0.1) is 0 Å². The van der Waals surface area contributed by atoms with Crippen LogP contribution in [0.15, 0.2) is 30.3 Å². The molecule has 4 heteroatoms. The highest BCUT2D eigenvalue weighted by molar-refractivity contribution is 7.99. The Labute approximate surface area is 141 Å². The molecule has 0 saturated carbocycles. The van der Waals surface area contributed by atoms with Crippen molar-refractivity contribution in [2.24, 2.45) is 0 Å². The molecule has 2 bridgehead atoms. The zero-order valence-corrected chi connectivity index (χ0v) is 14.5. The summed E-state index contributed by atoms with van der Waals surface area (Å²) in [5.41, 5.74) is 2.58. The molecule has 4 rings (SSSR count). The van der Waals surface area contributed by atoms with E-state index in [9.17, 15) is 4.79 Å². The number of amides is 1. The van der Waals surface area contributed by atoms with Crippen LogP contribution in [-0.4, -0.2) is 39.4 Å². The fourth-order valence-electron chi connectivity index (χ4n) is 4.21. The quantitative estimate of drug-likeness (QED) is 0.835. The average molecular weight is 326 g/mol. The molecule has 120 valence electrons. The number of carbonyl (C=O) groups excluding carboxylic acids is 1. The molecule has 0 radical (unpaired) electrons. The van der Waals surface area contributed by atoms with Crippen molar-refractivity contribution in [3.05, 3.63) is 41.6 Å². The number of rotatable bonds is 2. The SMILES string of the molecule is CSC1CC2CCC(C1)N2C(=O)c1cccc2ccc(C)nc12. The number of hydrogen-bond donors (Lipinski definition) is 0. The molecule has 3 nitrogen and oxygen atoms in total. The Bertz CT molecular complexity index is 746. The van der Waals surface area contributed by atoms with E-state index in [0.29, 0.717) is 17.3 Å². The Kier molecular flexibility index (Phi) is 3.80. The summed E-state index contributed by atoms with van der Waals surface area (Å²) in [6, 6.07) is 10.8. The van der Waals surface area contributed by atoms with E-state index >= 15 is 0 Å². The van der Waals surface area contributed by atoms with Gasteiger partial charge in [-0.2, -0.15) is 11.8 Å². The van der Waals surface area contributed by atoms with Crippen molar-refractivity contribution < 1.29 is 4.79 Å². The maximum absolute atomic E-state index is 13.3. The van der Waals surface area contributed by atoms with Crippen molar-refractivity contribution in [3.63, 3.8) is 0 Å². The number of para-hydroxylation sites is 1. The highest BCUT2D eigenvalue weighted by Gasteiger charge is 2.43. The highest BCUT2D eigenvalue weighted by atomic mass is 32.2. The summed E-state index contributed by atoms with van der Waals surface area (Å²) in [7, 11) is 0. The molecule has 0 spiro atoms. The van der Waals surface area contributed by atoms with Gasteiger partial charge in [0.05, 0.1) is 11.1 Å². The fraction of sp³-hybridized carbons (Fsp3) is 0.474. The first-order valence-corrected chi connectivity index (χ1v) is 9.68. The number of hydrogen-bond acceptors (Lipinski definition) is 3. The summed E-state index contributed by atoms with van der Waals surface area (Å²) in [5, 5.41) is 1.76. The molecular formula is C19H22N2OS. The van der Waals surface area contributed by atoms with Crippen molar-refractivity contribution in [1.29, 1.82) is 0 Å². The van der Waals surface area contributed by atoms with Gasteiger partial charge in [0.2, 0.25) is 0 Å². The number of aromatic nitrogens is 1. The first kappa shape index (κ1) is 15.0. The first-order chi connectivity index (χ1) is 11.2. The van der Waals surface area contributed by atoms with Crippen molar-refractivity contribution in [1.82, 2.24) is 9.88 Å². The van der Waals surface area contributed by atoms with Crippen LogP contribution in [0.1, 0.15) is 41.7 Å². The predicted octanol–water partition coefficient (Wildman–Crippen LogP) is 4.04. The third kappa shape index (κ3) is 2.53. The maximum Gasteiger partial charge on any atom is 0.256 e. The van der Waals surface area contributed by atoms with Gasteiger partial charge < -0.3 is 4.90 Å². The molecule has 1 aromatic carbocycles. The Hall–Kier alpha value is -1.55. The van der Waals surface area contributed by atoms with E-state index in [1.54, 1.807) is 0 Å². The summed E-state index contributed by atoms with van der Waals surface area (Å²) < 4.78 is 0. The highest BCUT2D eigenvalue weighted by Crippen LogP contribution is 2.40. The molecule has 3 heterocycles. The molecule has 2 aliphatic rings. The van der Waals surface area contributed by atoms with E-state index in [0.717, 1.165) is 47.8 Å². The van der Waals surface area contributed by atoms with Gasteiger partial charge in [-0.25, -0.2) is 0 Å². The second-order valence-corrected chi connectivity index (χ2v) is 7.89. The topological polar surface area (TPSA) is 33.2 Å². The van der Waals surface area contributed by atoms with Gasteiger partial charge in [0.1, 0.15) is 0 Å². The van der Waals surface area contributed by atoms with E-state index < -0.39 is 0 Å². The minimum Gasteiger partial charge on any atom is -0.333 e. The number of aryl methyl sites for hydroxylation is 1. The van der Waals surface area contributed by atoms with Gasteiger partial charge in [-0.1, -0.05) is 18.2 Å². The maximum atomic E-state index is 13.3. The summed E-state index contributed by atoms with van der Waals surface area (Å²) in [6.07, 6.45) is 6.79. The van der Waals surface area contributed by atoms with Crippen LogP contribution < -0.4 is 0 Å². The van der Waals surface area contributed by atoms with Gasteiger partial charge in [-0.3, -0.25) is 9.78 Å². The molecule has 0 aliphatic carbocycles. The van der Waals surface area contributed by atoms with Crippen LogP contribution in [0, 0.1) is 6.92 Å². The summed E-state index contributed by atoms with van der Waals surface area (Å²) in [5.74, 6) is 0.181. The second-order valence-electron chi connectivity index (χ2n) is 6.76. The van der Waals surface area contributed by atoms with Crippen LogP contribution >= 0.6 is 11.8 Å². The number of fused-ring (bicyclic) bond motifs is 3. The Morgan fingerprint density at radius 3 is 2.61 bits per heavy atom. The predicted molar refractivity (Wildman–Crippen MR) is 96.0 cm³/mol. The van der Waals surface area contributed by atoms with Crippen molar-refractivity contribution in [2.75, 3.05) is 6.26 Å². The minimum absolute atomic E-state index is 0.181. The Morgan fingerprint density at radius 2 is 1.91 bits per heavy atom. The van der Waals surface area contributed by atoms with Crippen molar-refractivity contribution in [2.45, 2.75) is 49.9 Å². The standard InChI is InChI=1S/C19H22N2OS/c1-12-6-7-13-4-3-5-17(18(13)20-12)19(22)21-14-8-9-15(21)11-16(10-14)23-2/h3-7,14-16H,8-11H2,1-2H3. The first-order valence-electron chi connectivity index (χ1n) is 8.39. The third-order valence-corrected chi connectivity index (χ3v) is 6.40. The minimum atomic E-state index is 0.181. The third-order valence-electron chi connectivity index (χ3n) is 5.35. The number of piperidine rings is 1. The molecule has 2 saturated heterocycles. The molecule has 2 aromatic rings. The molecule has 2 aliphatic heterocycles. The lowest BCUT2D eigenvalue weighted by Crippen LogP contribution is -2.47. The van der Waals surface area contributed by atoms with E-state index in [-0.39, 0.29) is 5.91 Å². The zero-order valence-electron chi connectivity index (χ0n) is 13.7. The van der Waals surface area contributed by atoms with Crippen LogP contribution in [0.2, 0.25) is 0 Å². The fourth-order valence-corrected chi connectivity index (χ4v) is 5.04. The normalized spacial score (nSPS) is 26.7. The van der Waals surface area contributed by atoms with E-state index in [1.165, 1.54) is 0 Å². The zero-order chi connectivity index (χ0) is 16.0. The van der Waals surface area contributed by atoms with E-state index in [1.807, 2.05) is 43.0 Å². The number of pyridine rings is 1. The lowest BCUT2D eigenvalue weighted by Gasteiger charge is -2.38. The number of nitrogens with zero attached hydrogens (tertiary/aromatic N) is 2. The summed E-state index contributed by atoms with van der Waals surface area (Å²) in [6.45, 7) is 1.98.